The van der Waals surface area contributed by atoms with E-state index in [1.165, 1.54) is 5.57 Å². The molecule has 0 fully saturated rings. The van der Waals surface area contributed by atoms with Crippen LogP contribution in [0, 0.1) is 0 Å². The average Bonchev–Trinajstić information content (AvgIpc) is 2.19. The Kier molecular flexibility index (Phi) is 2.30. The van der Waals surface area contributed by atoms with E-state index in [1.54, 1.807) is 0 Å². The van der Waals surface area contributed by atoms with E-state index >= 15 is 0 Å². The van der Waals surface area contributed by atoms with Crippen LogP contribution in [0.15, 0.2) is 46.2 Å². The molecule has 1 N–H and O–H groups in total. The molecular formula is C11H10ClNO. The third-order valence-corrected chi connectivity index (χ3v) is 2.74. The highest BCUT2D eigenvalue weighted by atomic mass is 35.5. The number of nitrogens with one attached hydrogen (secondary N) is 1. The molecule has 0 saturated heterocycles. The molecule has 3 heteroatoms. The minimum atomic E-state index is 0.121. The van der Waals surface area contributed by atoms with Gasteiger partial charge in [-0.25, -0.2) is 0 Å². The van der Waals surface area contributed by atoms with E-state index < -0.39 is 0 Å². The van der Waals surface area contributed by atoms with Gasteiger partial charge in [0.15, 0.2) is 6.29 Å². The summed E-state index contributed by atoms with van der Waals surface area (Å²) in [4.78, 5) is 10.7. The average molecular weight is 208 g/mol. The third-order valence-electron chi connectivity index (χ3n) is 2.41. The van der Waals surface area contributed by atoms with Crippen molar-refractivity contribution in [3.8, 4) is 0 Å². The van der Waals surface area contributed by atoms with E-state index in [-0.39, 0.29) is 6.04 Å². The Bertz CT molecular complexity index is 402. The summed E-state index contributed by atoms with van der Waals surface area (Å²) in [5.41, 5.74) is 2.79. The summed E-state index contributed by atoms with van der Waals surface area (Å²) in [5, 5.41) is 3.52. The summed E-state index contributed by atoms with van der Waals surface area (Å²) < 4.78 is 0. The van der Waals surface area contributed by atoms with Gasteiger partial charge in [-0.3, -0.25) is 4.79 Å². The maximum atomic E-state index is 10.7. The lowest BCUT2D eigenvalue weighted by Gasteiger charge is -2.27. The van der Waals surface area contributed by atoms with E-state index in [4.69, 9.17) is 11.6 Å². The van der Waals surface area contributed by atoms with Crippen molar-refractivity contribution in [3.63, 3.8) is 0 Å². The van der Waals surface area contributed by atoms with Crippen LogP contribution in [0.2, 0.25) is 0 Å². The zero-order valence-corrected chi connectivity index (χ0v) is 8.51. The Labute approximate surface area is 87.6 Å². The Hall–Kier alpha value is -1.28. The normalized spacial score (nSPS) is 24.9. The summed E-state index contributed by atoms with van der Waals surface area (Å²) in [6, 6.07) is 0.121. The topological polar surface area (TPSA) is 29.1 Å². The van der Waals surface area contributed by atoms with Crippen LogP contribution in [-0.2, 0) is 4.79 Å². The quantitative estimate of drug-likeness (QED) is 0.527. The summed E-state index contributed by atoms with van der Waals surface area (Å²) >= 11 is 5.91. The highest BCUT2D eigenvalue weighted by Gasteiger charge is 2.22. The van der Waals surface area contributed by atoms with Crippen LogP contribution in [-0.4, -0.2) is 12.3 Å². The summed E-state index contributed by atoms with van der Waals surface area (Å²) in [6.45, 7) is 2.03. The number of halogens is 1. The maximum Gasteiger partial charge on any atom is 0.153 e. The molecule has 1 unspecified atom stereocenters. The zero-order valence-electron chi connectivity index (χ0n) is 7.75. The maximum absolute atomic E-state index is 10.7. The van der Waals surface area contributed by atoms with E-state index in [2.05, 4.69) is 5.32 Å². The van der Waals surface area contributed by atoms with Crippen molar-refractivity contribution in [3.05, 3.63) is 46.2 Å². The van der Waals surface area contributed by atoms with Gasteiger partial charge in [-0.15, -0.1) is 0 Å². The van der Waals surface area contributed by atoms with E-state index in [9.17, 15) is 4.79 Å². The standard InChI is InChI=1S/C11H10ClNO/c1-7-3-2-4-8-5-9(6-14)11(12)13-10(7)8/h2-6,10,13H,1H3. The summed E-state index contributed by atoms with van der Waals surface area (Å²) in [7, 11) is 0. The largest absolute Gasteiger partial charge is 0.365 e. The van der Waals surface area contributed by atoms with Gasteiger partial charge in [-0.1, -0.05) is 29.8 Å². The summed E-state index contributed by atoms with van der Waals surface area (Å²) in [5.74, 6) is 0. The number of hydrogen-bond donors (Lipinski definition) is 1. The molecule has 2 rings (SSSR count). The second-order valence-electron chi connectivity index (χ2n) is 3.38. The first kappa shape index (κ1) is 9.28. The highest BCUT2D eigenvalue weighted by Crippen LogP contribution is 2.26. The van der Waals surface area contributed by atoms with E-state index in [0.29, 0.717) is 10.7 Å². The highest BCUT2D eigenvalue weighted by molar-refractivity contribution is 6.31. The Morgan fingerprint density at radius 1 is 1.57 bits per heavy atom. The first-order valence-electron chi connectivity index (χ1n) is 4.40. The third kappa shape index (κ3) is 1.42. The summed E-state index contributed by atoms with van der Waals surface area (Å²) in [6.07, 6.45) is 8.58. The van der Waals surface area contributed by atoms with Crippen LogP contribution in [0.25, 0.3) is 0 Å². The van der Waals surface area contributed by atoms with Gasteiger partial charge < -0.3 is 5.32 Å². The van der Waals surface area contributed by atoms with Gasteiger partial charge >= 0.3 is 0 Å². The molecule has 1 aliphatic heterocycles. The molecule has 2 nitrogen and oxygen atoms in total. The number of carbonyl (C=O) groups is 1. The number of hydrogen-bond acceptors (Lipinski definition) is 2. The van der Waals surface area contributed by atoms with Gasteiger partial charge in [-0.2, -0.15) is 0 Å². The van der Waals surface area contributed by atoms with Crippen LogP contribution in [0.4, 0.5) is 0 Å². The second-order valence-corrected chi connectivity index (χ2v) is 3.76. The Morgan fingerprint density at radius 3 is 3.07 bits per heavy atom. The van der Waals surface area contributed by atoms with Crippen LogP contribution < -0.4 is 5.32 Å². The fourth-order valence-corrected chi connectivity index (χ4v) is 1.84. The van der Waals surface area contributed by atoms with Gasteiger partial charge in [-0.05, 0) is 24.1 Å². The fourth-order valence-electron chi connectivity index (χ4n) is 1.63. The SMILES string of the molecule is CC1=CC=CC2=CC(C=O)=C(Cl)NC12. The van der Waals surface area contributed by atoms with Gasteiger partial charge in [0.2, 0.25) is 0 Å². The van der Waals surface area contributed by atoms with Crippen molar-refractivity contribution in [2.45, 2.75) is 13.0 Å². The number of rotatable bonds is 1. The number of allylic oxidation sites excluding steroid dienone is 4. The molecule has 1 aliphatic carbocycles. The van der Waals surface area contributed by atoms with Crippen molar-refractivity contribution >= 4 is 17.9 Å². The zero-order chi connectivity index (χ0) is 10.1. The molecule has 0 aromatic rings. The van der Waals surface area contributed by atoms with Gasteiger partial charge in [0.25, 0.3) is 0 Å². The first-order valence-corrected chi connectivity index (χ1v) is 4.78. The molecule has 0 bridgehead atoms. The lowest BCUT2D eigenvalue weighted by molar-refractivity contribution is -0.104. The van der Waals surface area contributed by atoms with Gasteiger partial charge in [0.1, 0.15) is 5.16 Å². The Morgan fingerprint density at radius 2 is 2.36 bits per heavy atom. The van der Waals surface area contributed by atoms with Crippen LogP contribution in [0.5, 0.6) is 0 Å². The molecule has 1 heterocycles. The minimum absolute atomic E-state index is 0.121. The lowest BCUT2D eigenvalue weighted by atomic mass is 9.91. The van der Waals surface area contributed by atoms with Crippen molar-refractivity contribution in [1.29, 1.82) is 0 Å². The van der Waals surface area contributed by atoms with Crippen molar-refractivity contribution < 1.29 is 4.79 Å². The molecule has 14 heavy (non-hydrogen) atoms. The number of carbonyl (C=O) groups excluding carboxylic acids is 1. The fraction of sp³-hybridized carbons (Fsp3) is 0.182. The molecule has 2 aliphatic rings. The predicted octanol–water partition coefficient (Wildman–Crippen LogP) is 2.05. The van der Waals surface area contributed by atoms with Crippen molar-refractivity contribution in [1.82, 2.24) is 5.32 Å². The van der Waals surface area contributed by atoms with E-state index in [0.717, 1.165) is 11.9 Å². The molecule has 0 spiro atoms. The molecule has 0 radical (unpaired) electrons. The van der Waals surface area contributed by atoms with Gasteiger partial charge in [0.05, 0.1) is 6.04 Å². The van der Waals surface area contributed by atoms with Gasteiger partial charge in [0, 0.05) is 5.57 Å². The second kappa shape index (κ2) is 3.46. The van der Waals surface area contributed by atoms with Crippen molar-refractivity contribution in [2.24, 2.45) is 0 Å². The number of dihydropyridines is 1. The number of fused-ring (bicyclic) bond motifs is 1. The first-order chi connectivity index (χ1) is 6.72. The molecule has 0 saturated carbocycles. The van der Waals surface area contributed by atoms with Crippen molar-refractivity contribution in [2.75, 3.05) is 0 Å². The minimum Gasteiger partial charge on any atom is -0.365 e. The van der Waals surface area contributed by atoms with E-state index in [1.807, 2.05) is 31.2 Å². The van der Waals surface area contributed by atoms with Crippen LogP contribution in [0.1, 0.15) is 6.92 Å². The molecule has 0 amide bonds. The Balaban J connectivity index is 2.42. The molecule has 1 atom stereocenters. The molecular weight excluding hydrogens is 198 g/mol. The molecule has 72 valence electrons. The molecule has 0 aromatic heterocycles. The smallest absolute Gasteiger partial charge is 0.153 e. The number of aldehydes is 1. The molecule has 0 aromatic carbocycles. The lowest BCUT2D eigenvalue weighted by Crippen LogP contribution is -2.34. The van der Waals surface area contributed by atoms with Crippen LogP contribution in [0.3, 0.4) is 0 Å². The predicted molar refractivity (Wildman–Crippen MR) is 56.8 cm³/mol. The van der Waals surface area contributed by atoms with Crippen LogP contribution >= 0.6 is 11.6 Å². The monoisotopic (exact) mass is 207 g/mol.